The monoisotopic (exact) mass is 364 g/mol. The maximum Gasteiger partial charge on any atom is 0.123 e. The summed E-state index contributed by atoms with van der Waals surface area (Å²) in [5.41, 5.74) is 5.42. The van der Waals surface area contributed by atoms with E-state index in [2.05, 4.69) is 26.5 Å². The van der Waals surface area contributed by atoms with Crippen molar-refractivity contribution in [2.24, 2.45) is 5.92 Å². The van der Waals surface area contributed by atoms with Gasteiger partial charge in [0, 0.05) is 17.5 Å². The van der Waals surface area contributed by atoms with Gasteiger partial charge in [-0.3, -0.25) is 0 Å². The van der Waals surface area contributed by atoms with Crippen molar-refractivity contribution in [3.05, 3.63) is 76.9 Å². The van der Waals surface area contributed by atoms with Crippen molar-refractivity contribution in [3.63, 3.8) is 0 Å². The van der Waals surface area contributed by atoms with Crippen LogP contribution < -0.4 is 0 Å². The summed E-state index contributed by atoms with van der Waals surface area (Å²) in [6.07, 6.45) is 5.80. The van der Waals surface area contributed by atoms with Gasteiger partial charge in [-0.15, -0.1) is 0 Å². The summed E-state index contributed by atoms with van der Waals surface area (Å²) in [5.74, 6) is 0.850. The molecule has 0 saturated heterocycles. The molecular weight excluding hydrogens is 336 g/mol. The topological polar surface area (TPSA) is 60.7 Å². The Balaban J connectivity index is 1.97. The van der Waals surface area contributed by atoms with E-state index in [1.165, 1.54) is 11.6 Å². The molecule has 0 heterocycles. The summed E-state index contributed by atoms with van der Waals surface area (Å²) in [7, 11) is 0. The maximum absolute atomic E-state index is 10.7. The second-order valence-corrected chi connectivity index (χ2v) is 7.73. The number of phenols is 3. The highest BCUT2D eigenvalue weighted by Crippen LogP contribution is 2.45. The van der Waals surface area contributed by atoms with Crippen molar-refractivity contribution in [1.82, 2.24) is 0 Å². The van der Waals surface area contributed by atoms with Crippen LogP contribution in [0.1, 0.15) is 49.3 Å². The second-order valence-electron chi connectivity index (χ2n) is 7.73. The first-order valence-corrected chi connectivity index (χ1v) is 9.50. The first-order chi connectivity index (χ1) is 12.8. The molecule has 0 radical (unpaired) electrons. The lowest BCUT2D eigenvalue weighted by Crippen LogP contribution is -2.18. The quantitative estimate of drug-likeness (QED) is 0.605. The predicted molar refractivity (Wildman–Crippen MR) is 109 cm³/mol. The van der Waals surface area contributed by atoms with Gasteiger partial charge in [0.25, 0.3) is 0 Å². The predicted octanol–water partition coefficient (Wildman–Crippen LogP) is 5.60. The Bertz CT molecular complexity index is 862. The van der Waals surface area contributed by atoms with E-state index < -0.39 is 0 Å². The third kappa shape index (κ3) is 4.36. The summed E-state index contributed by atoms with van der Waals surface area (Å²) in [4.78, 5) is 0. The SMILES string of the molecule is C=C(C)[C@@H]1CCC(C)=C[C@@H]1c1c(O)cc(O)cc1CCc1ccc(O)cc1. The zero-order chi connectivity index (χ0) is 19.6. The highest BCUT2D eigenvalue weighted by molar-refractivity contribution is 5.50. The van der Waals surface area contributed by atoms with E-state index in [-0.39, 0.29) is 29.1 Å². The van der Waals surface area contributed by atoms with Crippen LogP contribution in [0.25, 0.3) is 0 Å². The van der Waals surface area contributed by atoms with E-state index in [4.69, 9.17) is 0 Å². The highest BCUT2D eigenvalue weighted by atomic mass is 16.3. The van der Waals surface area contributed by atoms with Gasteiger partial charge in [-0.05, 0) is 74.8 Å². The van der Waals surface area contributed by atoms with E-state index in [1.807, 2.05) is 12.1 Å². The Hall–Kier alpha value is -2.68. The first-order valence-electron chi connectivity index (χ1n) is 9.50. The smallest absolute Gasteiger partial charge is 0.123 e. The Kier molecular flexibility index (Phi) is 5.59. The van der Waals surface area contributed by atoms with Gasteiger partial charge in [0.1, 0.15) is 17.2 Å². The molecule has 1 aliphatic rings. The Morgan fingerprint density at radius 1 is 1.04 bits per heavy atom. The fraction of sp³-hybridized carbons (Fsp3) is 0.333. The van der Waals surface area contributed by atoms with Crippen LogP contribution in [-0.2, 0) is 12.8 Å². The number of phenolic OH excluding ortho intramolecular Hbond substituents is 3. The van der Waals surface area contributed by atoms with Gasteiger partial charge in [-0.2, -0.15) is 0 Å². The first kappa shape index (κ1) is 19.1. The van der Waals surface area contributed by atoms with Crippen LogP contribution in [0.2, 0.25) is 0 Å². The lowest BCUT2D eigenvalue weighted by Gasteiger charge is -2.32. The number of allylic oxidation sites excluding steroid dienone is 3. The minimum atomic E-state index is 0.0756. The number of hydrogen-bond acceptors (Lipinski definition) is 3. The van der Waals surface area contributed by atoms with E-state index in [1.54, 1.807) is 18.2 Å². The Labute approximate surface area is 161 Å². The molecule has 3 N–H and O–H groups in total. The summed E-state index contributed by atoms with van der Waals surface area (Å²) in [6, 6.07) is 10.4. The van der Waals surface area contributed by atoms with Crippen LogP contribution in [0.3, 0.4) is 0 Å². The molecule has 0 unspecified atom stereocenters. The largest absolute Gasteiger partial charge is 0.508 e. The van der Waals surface area contributed by atoms with Gasteiger partial charge in [0.05, 0.1) is 0 Å². The lowest BCUT2D eigenvalue weighted by molar-refractivity contribution is 0.423. The van der Waals surface area contributed by atoms with Crippen LogP contribution >= 0.6 is 0 Å². The van der Waals surface area contributed by atoms with Crippen LogP contribution in [0.5, 0.6) is 17.2 Å². The van der Waals surface area contributed by atoms with E-state index >= 15 is 0 Å². The van der Waals surface area contributed by atoms with Crippen LogP contribution in [0, 0.1) is 5.92 Å². The Morgan fingerprint density at radius 2 is 1.74 bits per heavy atom. The molecule has 142 valence electrons. The molecule has 0 spiro atoms. The average molecular weight is 364 g/mol. The minimum Gasteiger partial charge on any atom is -0.508 e. The molecule has 3 nitrogen and oxygen atoms in total. The lowest BCUT2D eigenvalue weighted by atomic mass is 9.72. The van der Waals surface area contributed by atoms with Gasteiger partial charge >= 0.3 is 0 Å². The number of aromatic hydroxyl groups is 3. The summed E-state index contributed by atoms with van der Waals surface area (Å²) in [6.45, 7) is 8.36. The normalized spacial score (nSPS) is 19.6. The molecule has 0 saturated carbocycles. The molecule has 2 aromatic carbocycles. The fourth-order valence-electron chi connectivity index (χ4n) is 4.12. The van der Waals surface area contributed by atoms with Gasteiger partial charge in [0.2, 0.25) is 0 Å². The zero-order valence-corrected chi connectivity index (χ0v) is 16.1. The van der Waals surface area contributed by atoms with Crippen LogP contribution in [0.4, 0.5) is 0 Å². The fourth-order valence-corrected chi connectivity index (χ4v) is 4.12. The van der Waals surface area contributed by atoms with Gasteiger partial charge in [0.15, 0.2) is 0 Å². The third-order valence-corrected chi connectivity index (χ3v) is 5.56. The molecule has 0 aromatic heterocycles. The van der Waals surface area contributed by atoms with Crippen molar-refractivity contribution < 1.29 is 15.3 Å². The van der Waals surface area contributed by atoms with Crippen molar-refractivity contribution in [3.8, 4) is 17.2 Å². The molecule has 0 bridgehead atoms. The number of hydrogen-bond donors (Lipinski definition) is 3. The van der Waals surface area contributed by atoms with Crippen molar-refractivity contribution >= 4 is 0 Å². The molecule has 0 amide bonds. The van der Waals surface area contributed by atoms with Crippen molar-refractivity contribution in [1.29, 1.82) is 0 Å². The van der Waals surface area contributed by atoms with Crippen molar-refractivity contribution in [2.45, 2.75) is 45.4 Å². The van der Waals surface area contributed by atoms with Gasteiger partial charge in [-0.25, -0.2) is 0 Å². The molecule has 3 heteroatoms. The average Bonchev–Trinajstić information content (AvgIpc) is 2.60. The van der Waals surface area contributed by atoms with E-state index in [9.17, 15) is 15.3 Å². The molecule has 0 fully saturated rings. The van der Waals surface area contributed by atoms with Crippen LogP contribution in [-0.4, -0.2) is 15.3 Å². The number of aryl methyl sites for hydroxylation is 2. The molecule has 2 atom stereocenters. The van der Waals surface area contributed by atoms with Gasteiger partial charge in [-0.1, -0.05) is 35.9 Å². The molecule has 3 rings (SSSR count). The third-order valence-electron chi connectivity index (χ3n) is 5.56. The van der Waals surface area contributed by atoms with Crippen molar-refractivity contribution in [2.75, 3.05) is 0 Å². The maximum atomic E-state index is 10.7. The second kappa shape index (κ2) is 7.91. The number of rotatable bonds is 5. The molecule has 27 heavy (non-hydrogen) atoms. The molecule has 1 aliphatic carbocycles. The van der Waals surface area contributed by atoms with Crippen LogP contribution in [0.15, 0.2) is 60.2 Å². The molecule has 0 aliphatic heterocycles. The number of benzene rings is 2. The minimum absolute atomic E-state index is 0.0756. The van der Waals surface area contributed by atoms with Gasteiger partial charge < -0.3 is 15.3 Å². The summed E-state index contributed by atoms with van der Waals surface area (Å²) >= 11 is 0. The molecule has 2 aromatic rings. The summed E-state index contributed by atoms with van der Waals surface area (Å²) in [5, 5.41) is 30.2. The van der Waals surface area contributed by atoms with E-state index in [0.29, 0.717) is 6.42 Å². The summed E-state index contributed by atoms with van der Waals surface area (Å²) < 4.78 is 0. The zero-order valence-electron chi connectivity index (χ0n) is 16.1. The standard InChI is InChI=1S/C24H28O3/c1-15(2)21-11-4-16(3)12-22(21)24-18(13-20(26)14-23(24)27)8-5-17-6-9-19(25)10-7-17/h6-7,9-10,12-14,21-22,25-27H,1,4-5,8,11H2,2-3H3/t21-,22-/m0/s1. The Morgan fingerprint density at radius 3 is 2.41 bits per heavy atom. The van der Waals surface area contributed by atoms with E-state index in [0.717, 1.165) is 41.5 Å². The highest BCUT2D eigenvalue weighted by Gasteiger charge is 2.29. The molecular formula is C24H28O3.